The smallest absolute Gasteiger partial charge is 0.131 e. The van der Waals surface area contributed by atoms with E-state index in [4.69, 9.17) is 5.73 Å². The van der Waals surface area contributed by atoms with Crippen LogP contribution in [0.25, 0.3) is 0 Å². The quantitative estimate of drug-likeness (QED) is 0.805. The van der Waals surface area contributed by atoms with E-state index >= 15 is 0 Å². The summed E-state index contributed by atoms with van der Waals surface area (Å²) in [5.74, 6) is 2.05. The Morgan fingerprint density at radius 2 is 2.28 bits per heavy atom. The van der Waals surface area contributed by atoms with Gasteiger partial charge in [0.2, 0.25) is 0 Å². The molecule has 1 aliphatic carbocycles. The minimum atomic E-state index is 0.192. The van der Waals surface area contributed by atoms with Crippen LogP contribution in [0.15, 0.2) is 18.3 Å². The van der Waals surface area contributed by atoms with Crippen molar-refractivity contribution in [3.05, 3.63) is 23.9 Å². The zero-order chi connectivity index (χ0) is 13.0. The lowest BCUT2D eigenvalue weighted by atomic mass is 10.1. The van der Waals surface area contributed by atoms with E-state index < -0.39 is 0 Å². The molecule has 3 heteroatoms. The van der Waals surface area contributed by atoms with Gasteiger partial charge < -0.3 is 10.6 Å². The van der Waals surface area contributed by atoms with Gasteiger partial charge in [-0.1, -0.05) is 13.0 Å². The summed E-state index contributed by atoms with van der Waals surface area (Å²) in [5, 5.41) is 0. The lowest BCUT2D eigenvalue weighted by Gasteiger charge is -2.26. The predicted molar refractivity (Wildman–Crippen MR) is 76.8 cm³/mol. The van der Waals surface area contributed by atoms with Gasteiger partial charge in [-0.3, -0.25) is 0 Å². The molecule has 0 bridgehead atoms. The topological polar surface area (TPSA) is 42.2 Å². The van der Waals surface area contributed by atoms with Crippen molar-refractivity contribution in [2.24, 2.45) is 11.7 Å². The Morgan fingerprint density at radius 1 is 1.50 bits per heavy atom. The number of aromatic nitrogens is 1. The summed E-state index contributed by atoms with van der Waals surface area (Å²) < 4.78 is 0. The molecule has 2 N–H and O–H groups in total. The van der Waals surface area contributed by atoms with Crippen LogP contribution in [-0.4, -0.2) is 24.1 Å². The normalized spacial score (nSPS) is 16.6. The number of anilines is 1. The minimum absolute atomic E-state index is 0.192. The molecular weight excluding hydrogens is 222 g/mol. The van der Waals surface area contributed by atoms with Gasteiger partial charge in [0, 0.05) is 25.3 Å². The van der Waals surface area contributed by atoms with Gasteiger partial charge in [-0.25, -0.2) is 4.98 Å². The highest BCUT2D eigenvalue weighted by Crippen LogP contribution is 2.32. The molecule has 0 amide bonds. The Kier molecular flexibility index (Phi) is 4.59. The third kappa shape index (κ3) is 3.70. The Bertz CT molecular complexity index is 372. The number of nitrogens with two attached hydrogens (primary N) is 1. The summed E-state index contributed by atoms with van der Waals surface area (Å²) in [6.45, 7) is 6.55. The fourth-order valence-corrected chi connectivity index (χ4v) is 2.39. The van der Waals surface area contributed by atoms with Gasteiger partial charge >= 0.3 is 0 Å². The lowest BCUT2D eigenvalue weighted by molar-refractivity contribution is 0.682. The molecule has 1 aromatic heterocycles. The molecule has 100 valence electrons. The third-order valence-electron chi connectivity index (χ3n) is 3.38. The van der Waals surface area contributed by atoms with E-state index in [-0.39, 0.29) is 6.04 Å². The number of hydrogen-bond donors (Lipinski definition) is 1. The van der Waals surface area contributed by atoms with Crippen molar-refractivity contribution < 1.29 is 0 Å². The first-order chi connectivity index (χ1) is 8.70. The molecule has 2 rings (SSSR count). The van der Waals surface area contributed by atoms with E-state index in [9.17, 15) is 0 Å². The molecule has 1 aliphatic rings. The summed E-state index contributed by atoms with van der Waals surface area (Å²) in [4.78, 5) is 7.06. The second-order valence-electron chi connectivity index (χ2n) is 5.56. The zero-order valence-electron chi connectivity index (χ0n) is 11.6. The van der Waals surface area contributed by atoms with Crippen LogP contribution in [0.3, 0.4) is 0 Å². The van der Waals surface area contributed by atoms with Crippen LogP contribution < -0.4 is 10.6 Å². The Balaban J connectivity index is 2.15. The van der Waals surface area contributed by atoms with E-state index in [1.165, 1.54) is 24.8 Å². The lowest BCUT2D eigenvalue weighted by Crippen LogP contribution is -2.29. The zero-order valence-corrected chi connectivity index (χ0v) is 11.6. The second kappa shape index (κ2) is 6.19. The first kappa shape index (κ1) is 13.3. The van der Waals surface area contributed by atoms with Gasteiger partial charge in [0.05, 0.1) is 0 Å². The molecule has 1 fully saturated rings. The number of rotatable bonds is 7. The van der Waals surface area contributed by atoms with Crippen molar-refractivity contribution in [2.75, 3.05) is 18.0 Å². The molecule has 1 saturated carbocycles. The third-order valence-corrected chi connectivity index (χ3v) is 3.38. The van der Waals surface area contributed by atoms with Gasteiger partial charge in [0.25, 0.3) is 0 Å². The molecule has 0 saturated heterocycles. The van der Waals surface area contributed by atoms with Crippen LogP contribution in [0, 0.1) is 5.92 Å². The molecule has 1 unspecified atom stereocenters. The number of pyridine rings is 1. The fraction of sp³-hybridized carbons (Fsp3) is 0.667. The summed E-state index contributed by atoms with van der Waals surface area (Å²) in [6.07, 6.45) is 6.75. The molecule has 18 heavy (non-hydrogen) atoms. The van der Waals surface area contributed by atoms with E-state index in [2.05, 4.69) is 29.8 Å². The van der Waals surface area contributed by atoms with Crippen molar-refractivity contribution >= 4 is 5.82 Å². The van der Waals surface area contributed by atoms with Gasteiger partial charge in [-0.15, -0.1) is 0 Å². The summed E-state index contributed by atoms with van der Waals surface area (Å²) in [5.41, 5.74) is 7.23. The van der Waals surface area contributed by atoms with Gasteiger partial charge in [-0.2, -0.15) is 0 Å². The maximum atomic E-state index is 5.93. The average Bonchev–Trinajstić information content (AvgIpc) is 3.12. The highest BCUT2D eigenvalue weighted by molar-refractivity contribution is 5.47. The molecule has 0 radical (unpaired) electrons. The van der Waals surface area contributed by atoms with Crippen LogP contribution in [0.1, 0.15) is 38.7 Å². The first-order valence-electron chi connectivity index (χ1n) is 7.15. The van der Waals surface area contributed by atoms with Crippen molar-refractivity contribution in [2.45, 2.75) is 45.6 Å². The minimum Gasteiger partial charge on any atom is -0.356 e. The van der Waals surface area contributed by atoms with Crippen LogP contribution in [0.5, 0.6) is 0 Å². The Morgan fingerprint density at radius 3 is 2.89 bits per heavy atom. The average molecular weight is 247 g/mol. The summed E-state index contributed by atoms with van der Waals surface area (Å²) in [6, 6.07) is 4.38. The van der Waals surface area contributed by atoms with Crippen LogP contribution >= 0.6 is 0 Å². The largest absolute Gasteiger partial charge is 0.356 e. The van der Waals surface area contributed by atoms with E-state index in [1.54, 1.807) is 0 Å². The van der Waals surface area contributed by atoms with Crippen molar-refractivity contribution in [1.29, 1.82) is 0 Å². The van der Waals surface area contributed by atoms with E-state index in [0.717, 1.165) is 31.2 Å². The van der Waals surface area contributed by atoms with Crippen molar-refractivity contribution in [3.63, 3.8) is 0 Å². The fourth-order valence-electron chi connectivity index (χ4n) is 2.39. The molecule has 1 heterocycles. The monoisotopic (exact) mass is 247 g/mol. The molecule has 1 aromatic rings. The Labute approximate surface area is 110 Å². The summed E-state index contributed by atoms with van der Waals surface area (Å²) in [7, 11) is 0. The van der Waals surface area contributed by atoms with Crippen molar-refractivity contribution in [3.8, 4) is 0 Å². The molecule has 0 spiro atoms. The SMILES string of the molecule is CCCN(CC1CC1)c1ncccc1CC(C)N. The maximum absolute atomic E-state index is 5.93. The molecule has 3 nitrogen and oxygen atoms in total. The number of hydrogen-bond acceptors (Lipinski definition) is 3. The van der Waals surface area contributed by atoms with E-state index in [1.807, 2.05) is 12.3 Å². The van der Waals surface area contributed by atoms with Gasteiger partial charge in [0.1, 0.15) is 5.82 Å². The highest BCUT2D eigenvalue weighted by atomic mass is 15.2. The molecule has 0 aromatic carbocycles. The summed E-state index contributed by atoms with van der Waals surface area (Å²) >= 11 is 0. The van der Waals surface area contributed by atoms with Crippen LogP contribution in [0.2, 0.25) is 0 Å². The predicted octanol–water partition coefficient (Wildman–Crippen LogP) is 2.60. The maximum Gasteiger partial charge on any atom is 0.131 e. The second-order valence-corrected chi connectivity index (χ2v) is 5.56. The van der Waals surface area contributed by atoms with Crippen LogP contribution in [-0.2, 0) is 6.42 Å². The molecule has 0 aliphatic heterocycles. The highest BCUT2D eigenvalue weighted by Gasteiger charge is 2.25. The number of nitrogens with zero attached hydrogens (tertiary/aromatic N) is 2. The van der Waals surface area contributed by atoms with Crippen LogP contribution in [0.4, 0.5) is 5.82 Å². The Hall–Kier alpha value is -1.09. The molecule has 1 atom stereocenters. The van der Waals surface area contributed by atoms with Crippen molar-refractivity contribution in [1.82, 2.24) is 4.98 Å². The van der Waals surface area contributed by atoms with Gasteiger partial charge in [-0.05, 0) is 50.2 Å². The molecular formula is C15H25N3. The van der Waals surface area contributed by atoms with Gasteiger partial charge in [0.15, 0.2) is 0 Å². The standard InChI is InChI=1S/C15H25N3/c1-3-9-18(11-13-6-7-13)15-14(10-12(2)16)5-4-8-17-15/h4-5,8,12-13H,3,6-7,9-11,16H2,1-2H3. The first-order valence-corrected chi connectivity index (χ1v) is 7.15. The van der Waals surface area contributed by atoms with E-state index in [0.29, 0.717) is 0 Å².